The summed E-state index contributed by atoms with van der Waals surface area (Å²) in [5.41, 5.74) is 1.80. The molecule has 138 valence electrons. The van der Waals surface area contributed by atoms with E-state index >= 15 is 0 Å². The Morgan fingerprint density at radius 2 is 1.17 bits per heavy atom. The summed E-state index contributed by atoms with van der Waals surface area (Å²) in [6.07, 6.45) is 0. The molecule has 0 saturated heterocycles. The molecule has 0 unspecified atom stereocenters. The number of fused-ring (bicyclic) bond motifs is 2. The summed E-state index contributed by atoms with van der Waals surface area (Å²) >= 11 is 0. The lowest BCUT2D eigenvalue weighted by molar-refractivity contribution is 0.0958. The van der Waals surface area contributed by atoms with E-state index < -0.39 is 0 Å². The second kappa shape index (κ2) is 6.53. The van der Waals surface area contributed by atoms with Crippen LogP contribution in [-0.2, 0) is 0 Å². The van der Waals surface area contributed by atoms with Crippen LogP contribution in [-0.4, -0.2) is 17.3 Å². The summed E-state index contributed by atoms with van der Waals surface area (Å²) in [6.45, 7) is 0. The molecule has 0 atom stereocenters. The van der Waals surface area contributed by atoms with Crippen molar-refractivity contribution in [3.8, 4) is 11.3 Å². The lowest BCUT2D eigenvalue weighted by Crippen LogP contribution is -2.21. The van der Waals surface area contributed by atoms with Crippen molar-refractivity contribution in [2.45, 2.75) is 0 Å². The fourth-order valence-corrected chi connectivity index (χ4v) is 3.69. The van der Waals surface area contributed by atoms with Crippen LogP contribution in [0, 0.1) is 0 Å². The topological polar surface area (TPSA) is 64.3 Å². The molecule has 4 nitrogen and oxygen atoms in total. The first-order valence-electron chi connectivity index (χ1n) is 9.17. The summed E-state index contributed by atoms with van der Waals surface area (Å²) < 4.78 is 5.91. The van der Waals surface area contributed by atoms with Gasteiger partial charge < -0.3 is 4.42 Å². The molecule has 0 N–H and O–H groups in total. The SMILES string of the molecule is O=C1c2ccccc2C(=O)c2c1oc(-c1ccccc1)c2C(=O)c1ccccc1. The van der Waals surface area contributed by atoms with Crippen molar-refractivity contribution in [3.05, 3.63) is 119 Å². The largest absolute Gasteiger partial charge is 0.451 e. The van der Waals surface area contributed by atoms with E-state index in [4.69, 9.17) is 4.42 Å². The van der Waals surface area contributed by atoms with Gasteiger partial charge in [-0.3, -0.25) is 14.4 Å². The number of carbonyl (C=O) groups is 3. The van der Waals surface area contributed by atoms with Gasteiger partial charge in [0.15, 0.2) is 17.3 Å². The molecule has 4 heteroatoms. The highest BCUT2D eigenvalue weighted by Gasteiger charge is 2.39. The Balaban J connectivity index is 1.82. The van der Waals surface area contributed by atoms with E-state index in [0.29, 0.717) is 11.1 Å². The van der Waals surface area contributed by atoms with Crippen LogP contribution in [0.1, 0.15) is 48.0 Å². The van der Waals surface area contributed by atoms with Crippen LogP contribution < -0.4 is 0 Å². The molecule has 5 rings (SSSR count). The number of rotatable bonds is 3. The number of hydrogen-bond donors (Lipinski definition) is 0. The first kappa shape index (κ1) is 17.1. The molecule has 3 aromatic carbocycles. The molecule has 1 heterocycles. The van der Waals surface area contributed by atoms with Gasteiger partial charge in [-0.15, -0.1) is 0 Å². The molecule has 0 amide bonds. The van der Waals surface area contributed by atoms with Gasteiger partial charge in [0.05, 0.1) is 11.1 Å². The molecule has 1 aliphatic carbocycles. The molecule has 0 aliphatic heterocycles. The Morgan fingerprint density at radius 1 is 0.621 bits per heavy atom. The van der Waals surface area contributed by atoms with Crippen molar-refractivity contribution in [2.24, 2.45) is 0 Å². The number of carbonyl (C=O) groups excluding carboxylic acids is 3. The fourth-order valence-electron chi connectivity index (χ4n) is 3.69. The van der Waals surface area contributed by atoms with Gasteiger partial charge in [-0.1, -0.05) is 84.9 Å². The van der Waals surface area contributed by atoms with Crippen molar-refractivity contribution >= 4 is 17.3 Å². The second-order valence-corrected chi connectivity index (χ2v) is 6.78. The summed E-state index contributed by atoms with van der Waals surface area (Å²) in [4.78, 5) is 39.8. The maximum Gasteiger partial charge on any atom is 0.229 e. The predicted octanol–water partition coefficient (Wildman–Crippen LogP) is 4.95. The zero-order valence-electron chi connectivity index (χ0n) is 15.2. The molecule has 1 aromatic heterocycles. The maximum absolute atomic E-state index is 13.4. The fraction of sp³-hybridized carbons (Fsp3) is 0. The Bertz CT molecular complexity index is 1280. The van der Waals surface area contributed by atoms with Gasteiger partial charge >= 0.3 is 0 Å². The molecule has 0 bridgehead atoms. The Hall–Kier alpha value is -4.05. The third kappa shape index (κ3) is 2.57. The van der Waals surface area contributed by atoms with Gasteiger partial charge in [-0.25, -0.2) is 0 Å². The average molecular weight is 378 g/mol. The van der Waals surface area contributed by atoms with Crippen molar-refractivity contribution in [1.82, 2.24) is 0 Å². The summed E-state index contributed by atoms with van der Waals surface area (Å²) in [6, 6.07) is 24.3. The van der Waals surface area contributed by atoms with Crippen molar-refractivity contribution < 1.29 is 18.8 Å². The van der Waals surface area contributed by atoms with Gasteiger partial charge in [0, 0.05) is 22.3 Å². The van der Waals surface area contributed by atoms with Gasteiger partial charge in [0.1, 0.15) is 5.76 Å². The third-order valence-electron chi connectivity index (χ3n) is 5.06. The van der Waals surface area contributed by atoms with E-state index in [9.17, 15) is 14.4 Å². The molecule has 29 heavy (non-hydrogen) atoms. The van der Waals surface area contributed by atoms with Gasteiger partial charge in [-0.05, 0) is 0 Å². The highest BCUT2D eigenvalue weighted by Crippen LogP contribution is 2.38. The highest BCUT2D eigenvalue weighted by molar-refractivity contribution is 6.32. The van der Waals surface area contributed by atoms with E-state index in [2.05, 4.69) is 0 Å². The number of furan rings is 1. The van der Waals surface area contributed by atoms with E-state index in [1.54, 1.807) is 60.7 Å². The van der Waals surface area contributed by atoms with Crippen LogP contribution in [0.5, 0.6) is 0 Å². The molecule has 4 aromatic rings. The van der Waals surface area contributed by atoms with Crippen LogP contribution in [0.25, 0.3) is 11.3 Å². The number of ketones is 3. The standard InChI is InChI=1S/C25H14O4/c26-21(15-9-3-1-4-10-15)19-20-22(27)17-13-7-8-14-18(17)23(28)25(20)29-24(19)16-11-5-2-6-12-16/h1-14H. The summed E-state index contributed by atoms with van der Waals surface area (Å²) in [5.74, 6) is -0.958. The van der Waals surface area contributed by atoms with Crippen molar-refractivity contribution in [3.63, 3.8) is 0 Å². The summed E-state index contributed by atoms with van der Waals surface area (Å²) in [5, 5.41) is 0. The van der Waals surface area contributed by atoms with Crippen molar-refractivity contribution in [2.75, 3.05) is 0 Å². The molecule has 0 fully saturated rings. The normalized spacial score (nSPS) is 12.4. The van der Waals surface area contributed by atoms with E-state index in [1.807, 2.05) is 24.3 Å². The lowest BCUT2D eigenvalue weighted by Gasteiger charge is -2.13. The van der Waals surface area contributed by atoms with E-state index in [-0.39, 0.29) is 51.1 Å². The molecular weight excluding hydrogens is 364 g/mol. The third-order valence-corrected chi connectivity index (χ3v) is 5.06. The molecule has 0 saturated carbocycles. The smallest absolute Gasteiger partial charge is 0.229 e. The van der Waals surface area contributed by atoms with Crippen LogP contribution in [0.15, 0.2) is 89.3 Å². The predicted molar refractivity (Wildman–Crippen MR) is 107 cm³/mol. The zero-order valence-corrected chi connectivity index (χ0v) is 15.2. The molecule has 1 aliphatic rings. The minimum atomic E-state index is -0.389. The van der Waals surface area contributed by atoms with Crippen LogP contribution >= 0.6 is 0 Å². The second-order valence-electron chi connectivity index (χ2n) is 6.78. The lowest BCUT2D eigenvalue weighted by atomic mass is 9.84. The first-order chi connectivity index (χ1) is 14.2. The Labute approximate surface area is 166 Å². The summed E-state index contributed by atoms with van der Waals surface area (Å²) in [7, 11) is 0. The number of hydrogen-bond acceptors (Lipinski definition) is 4. The van der Waals surface area contributed by atoms with Crippen LogP contribution in [0.3, 0.4) is 0 Å². The van der Waals surface area contributed by atoms with Gasteiger partial charge in [0.2, 0.25) is 5.78 Å². The first-order valence-corrected chi connectivity index (χ1v) is 9.17. The van der Waals surface area contributed by atoms with Crippen LogP contribution in [0.4, 0.5) is 0 Å². The van der Waals surface area contributed by atoms with Gasteiger partial charge in [-0.2, -0.15) is 0 Å². The minimum absolute atomic E-state index is 0.0430. The quantitative estimate of drug-likeness (QED) is 0.417. The molecular formula is C25H14O4. The minimum Gasteiger partial charge on any atom is -0.451 e. The monoisotopic (exact) mass is 378 g/mol. The van der Waals surface area contributed by atoms with Crippen molar-refractivity contribution in [1.29, 1.82) is 0 Å². The van der Waals surface area contributed by atoms with E-state index in [1.165, 1.54) is 0 Å². The molecule has 0 radical (unpaired) electrons. The van der Waals surface area contributed by atoms with E-state index in [0.717, 1.165) is 0 Å². The molecule has 0 spiro atoms. The zero-order chi connectivity index (χ0) is 20.0. The highest BCUT2D eigenvalue weighted by atomic mass is 16.4. The Kier molecular flexibility index (Phi) is 3.85. The average Bonchev–Trinajstić information content (AvgIpc) is 3.19. The Morgan fingerprint density at radius 3 is 1.83 bits per heavy atom. The maximum atomic E-state index is 13.4. The van der Waals surface area contributed by atoms with Crippen LogP contribution in [0.2, 0.25) is 0 Å². The number of benzene rings is 3. The van der Waals surface area contributed by atoms with Gasteiger partial charge in [0.25, 0.3) is 0 Å².